The molecule has 0 unspecified atom stereocenters. The highest BCUT2D eigenvalue weighted by atomic mass is 32.2. The van der Waals surface area contributed by atoms with Crippen LogP contribution in [0.2, 0.25) is 0 Å². The van der Waals surface area contributed by atoms with Crippen molar-refractivity contribution >= 4 is 10.1 Å². The summed E-state index contributed by atoms with van der Waals surface area (Å²) >= 11 is 0. The van der Waals surface area contributed by atoms with Gasteiger partial charge in [0.25, 0.3) is 10.1 Å². The monoisotopic (exact) mass is 177 g/mol. The van der Waals surface area contributed by atoms with E-state index in [1.807, 2.05) is 0 Å². The lowest BCUT2D eigenvalue weighted by atomic mass is 10.6. The minimum atomic E-state index is -3.41. The molecular weight excluding hydrogens is 166 g/mol. The molecule has 0 aliphatic heterocycles. The van der Waals surface area contributed by atoms with Gasteiger partial charge in [0, 0.05) is 0 Å². The third-order valence-electron chi connectivity index (χ3n) is 0.814. The van der Waals surface area contributed by atoms with E-state index in [1.165, 1.54) is 0 Å². The predicted molar refractivity (Wildman–Crippen MR) is 42.0 cm³/mol. The number of rotatable bonds is 5. The number of hydroxylamine groups is 1. The third kappa shape index (κ3) is 5.85. The van der Waals surface area contributed by atoms with E-state index in [0.717, 1.165) is 0 Å². The lowest BCUT2D eigenvalue weighted by Crippen LogP contribution is -2.22. The number of hydrogen-bond donors (Lipinski definition) is 1. The van der Waals surface area contributed by atoms with E-state index in [1.54, 1.807) is 6.92 Å². The fourth-order valence-corrected chi connectivity index (χ4v) is 1.27. The van der Waals surface area contributed by atoms with Crippen molar-refractivity contribution in [1.82, 2.24) is 5.48 Å². The van der Waals surface area contributed by atoms with Crippen LogP contribution in [0.1, 0.15) is 13.3 Å². The van der Waals surface area contributed by atoms with Crippen LogP contribution in [-0.4, -0.2) is 20.7 Å². The van der Waals surface area contributed by atoms with Crippen LogP contribution in [0.25, 0.3) is 0 Å². The molecule has 11 heavy (non-hydrogen) atoms. The Morgan fingerprint density at radius 2 is 2.27 bits per heavy atom. The van der Waals surface area contributed by atoms with Gasteiger partial charge in [0.1, 0.15) is 0 Å². The molecule has 0 aromatic carbocycles. The summed E-state index contributed by atoms with van der Waals surface area (Å²) < 4.78 is 25.8. The molecule has 0 radical (unpaired) electrons. The second kappa shape index (κ2) is 5.13. The van der Waals surface area contributed by atoms with E-state index in [-0.39, 0.29) is 12.3 Å². The Bertz CT molecular complexity index is 227. The fourth-order valence-electron chi connectivity index (χ4n) is 0.453. The molecule has 0 spiro atoms. The standard InChI is InChI=1S/C6H11NO3S/c1-3-5-7-10-11(8,9)6-4-2/h1,7H,4-6H2,2H3. The van der Waals surface area contributed by atoms with Gasteiger partial charge in [-0.05, 0) is 6.42 Å². The maximum Gasteiger partial charge on any atom is 0.283 e. The van der Waals surface area contributed by atoms with Gasteiger partial charge in [-0.1, -0.05) is 12.8 Å². The highest BCUT2D eigenvalue weighted by molar-refractivity contribution is 7.86. The van der Waals surface area contributed by atoms with Gasteiger partial charge >= 0.3 is 0 Å². The van der Waals surface area contributed by atoms with Crippen molar-refractivity contribution in [3.8, 4) is 12.3 Å². The van der Waals surface area contributed by atoms with Gasteiger partial charge in [-0.2, -0.15) is 18.2 Å². The zero-order valence-electron chi connectivity index (χ0n) is 6.33. The second-order valence-corrected chi connectivity index (χ2v) is 3.56. The first-order chi connectivity index (χ1) is 5.12. The fraction of sp³-hybridized carbons (Fsp3) is 0.667. The summed E-state index contributed by atoms with van der Waals surface area (Å²) in [6.45, 7) is 1.84. The Kier molecular flexibility index (Phi) is 4.86. The number of nitrogens with one attached hydrogen (secondary N) is 1. The number of hydrogen-bond acceptors (Lipinski definition) is 4. The first kappa shape index (κ1) is 10.4. The molecule has 0 heterocycles. The van der Waals surface area contributed by atoms with E-state index in [4.69, 9.17) is 6.42 Å². The molecule has 0 bridgehead atoms. The molecular formula is C6H11NO3S. The van der Waals surface area contributed by atoms with Crippen LogP contribution in [0.3, 0.4) is 0 Å². The summed E-state index contributed by atoms with van der Waals surface area (Å²) in [5.41, 5.74) is 2.14. The van der Waals surface area contributed by atoms with Crippen LogP contribution >= 0.6 is 0 Å². The Morgan fingerprint density at radius 1 is 1.64 bits per heavy atom. The van der Waals surface area contributed by atoms with E-state index in [0.29, 0.717) is 6.42 Å². The average Bonchev–Trinajstić information content (AvgIpc) is 1.87. The molecule has 0 saturated heterocycles. The molecule has 0 rings (SSSR count). The minimum Gasteiger partial charge on any atom is -0.198 e. The molecule has 0 aliphatic carbocycles. The van der Waals surface area contributed by atoms with E-state index >= 15 is 0 Å². The quantitative estimate of drug-likeness (QED) is 0.361. The van der Waals surface area contributed by atoms with E-state index in [2.05, 4.69) is 15.7 Å². The Balaban J connectivity index is 3.67. The van der Waals surface area contributed by atoms with Gasteiger partial charge < -0.3 is 0 Å². The van der Waals surface area contributed by atoms with Crippen LogP contribution in [0.15, 0.2) is 0 Å². The Labute approximate surface area is 67.0 Å². The summed E-state index contributed by atoms with van der Waals surface area (Å²) in [7, 11) is -3.41. The molecule has 0 aromatic heterocycles. The molecule has 64 valence electrons. The van der Waals surface area contributed by atoms with Gasteiger partial charge in [-0.25, -0.2) is 0 Å². The normalized spacial score (nSPS) is 10.9. The molecule has 4 nitrogen and oxygen atoms in total. The van der Waals surface area contributed by atoms with Crippen LogP contribution in [-0.2, 0) is 14.4 Å². The van der Waals surface area contributed by atoms with E-state index < -0.39 is 10.1 Å². The van der Waals surface area contributed by atoms with Crippen molar-refractivity contribution in [1.29, 1.82) is 0 Å². The molecule has 0 atom stereocenters. The lowest BCUT2D eigenvalue weighted by Gasteiger charge is -2.01. The minimum absolute atomic E-state index is 0.00454. The first-order valence-electron chi connectivity index (χ1n) is 3.20. The molecule has 0 amide bonds. The number of terminal acetylenes is 1. The van der Waals surface area contributed by atoms with Gasteiger partial charge in [0.2, 0.25) is 0 Å². The van der Waals surface area contributed by atoms with E-state index in [9.17, 15) is 8.42 Å². The van der Waals surface area contributed by atoms with Crippen molar-refractivity contribution in [2.45, 2.75) is 13.3 Å². The molecule has 5 heteroatoms. The maximum atomic E-state index is 10.8. The molecule has 0 fully saturated rings. The molecule has 0 saturated carbocycles. The smallest absolute Gasteiger partial charge is 0.198 e. The maximum absolute atomic E-state index is 10.8. The average molecular weight is 177 g/mol. The summed E-state index contributed by atoms with van der Waals surface area (Å²) in [6, 6.07) is 0. The summed E-state index contributed by atoms with van der Waals surface area (Å²) in [6.07, 6.45) is 5.37. The Morgan fingerprint density at radius 3 is 2.73 bits per heavy atom. The van der Waals surface area contributed by atoms with Crippen LogP contribution in [0, 0.1) is 12.3 Å². The van der Waals surface area contributed by atoms with Crippen LogP contribution in [0.5, 0.6) is 0 Å². The van der Waals surface area contributed by atoms with Crippen LogP contribution < -0.4 is 5.48 Å². The van der Waals surface area contributed by atoms with Crippen LogP contribution in [0.4, 0.5) is 0 Å². The summed E-state index contributed by atoms with van der Waals surface area (Å²) in [5.74, 6) is 2.19. The molecule has 1 N–H and O–H groups in total. The Hall–Kier alpha value is -0.570. The molecule has 0 aromatic rings. The SMILES string of the molecule is C#CCNOS(=O)(=O)CCC. The zero-order valence-corrected chi connectivity index (χ0v) is 7.15. The van der Waals surface area contributed by atoms with Crippen molar-refractivity contribution in [3.05, 3.63) is 0 Å². The van der Waals surface area contributed by atoms with Crippen molar-refractivity contribution in [2.24, 2.45) is 0 Å². The lowest BCUT2D eigenvalue weighted by molar-refractivity contribution is 0.219. The van der Waals surface area contributed by atoms with Gasteiger partial charge in [0.05, 0.1) is 12.3 Å². The van der Waals surface area contributed by atoms with Crippen molar-refractivity contribution < 1.29 is 12.7 Å². The zero-order chi connectivity index (χ0) is 8.74. The predicted octanol–water partition coefficient (Wildman–Crippen LogP) is -0.119. The first-order valence-corrected chi connectivity index (χ1v) is 4.77. The third-order valence-corrected chi connectivity index (χ3v) is 2.09. The summed E-state index contributed by atoms with van der Waals surface area (Å²) in [4.78, 5) is 0. The second-order valence-electron chi connectivity index (χ2n) is 1.87. The van der Waals surface area contributed by atoms with Gasteiger partial charge in [0.15, 0.2) is 0 Å². The van der Waals surface area contributed by atoms with Crippen molar-refractivity contribution in [3.63, 3.8) is 0 Å². The van der Waals surface area contributed by atoms with Crippen molar-refractivity contribution in [2.75, 3.05) is 12.3 Å². The topological polar surface area (TPSA) is 55.4 Å². The molecule has 0 aliphatic rings. The summed E-state index contributed by atoms with van der Waals surface area (Å²) in [5, 5.41) is 0. The highest BCUT2D eigenvalue weighted by Crippen LogP contribution is 1.91. The highest BCUT2D eigenvalue weighted by Gasteiger charge is 2.07. The largest absolute Gasteiger partial charge is 0.283 e. The van der Waals surface area contributed by atoms with Gasteiger partial charge in [-0.3, -0.25) is 0 Å². The van der Waals surface area contributed by atoms with Gasteiger partial charge in [-0.15, -0.1) is 6.42 Å².